The quantitative estimate of drug-likeness (QED) is 0.295. The lowest BCUT2D eigenvalue weighted by molar-refractivity contribution is -0.149. The van der Waals surface area contributed by atoms with Crippen molar-refractivity contribution in [1.82, 2.24) is 29.5 Å². The first-order valence-electron chi connectivity index (χ1n) is 9.51. The van der Waals surface area contributed by atoms with Crippen LogP contribution in [-0.2, 0) is 15.3 Å². The van der Waals surface area contributed by atoms with Gasteiger partial charge in [0.1, 0.15) is 5.82 Å². The molecule has 9 nitrogen and oxygen atoms in total. The van der Waals surface area contributed by atoms with Crippen LogP contribution in [0.25, 0.3) is 22.2 Å². The number of methoxy groups -OCH3 is 1. The first kappa shape index (κ1) is 18.7. The minimum Gasteiger partial charge on any atom is -0.469 e. The van der Waals surface area contributed by atoms with E-state index in [-0.39, 0.29) is 30.4 Å². The average molecular weight is 424 g/mol. The number of hydrogen-bond donors (Lipinski definition) is 1. The van der Waals surface area contributed by atoms with E-state index < -0.39 is 0 Å². The predicted molar refractivity (Wildman–Crippen MR) is 113 cm³/mol. The smallest absolute Gasteiger partial charge is 0.308 e. The van der Waals surface area contributed by atoms with Crippen molar-refractivity contribution in [2.24, 2.45) is 5.92 Å². The molecule has 0 amide bonds. The molecule has 1 N–H and O–H groups in total. The molecule has 0 spiro atoms. The SMILES string of the molecule is COC(=O)C1CC(n2c(SCc3nc4ccccc4[nH]3)nc3nccnc3c2=O)C1.[HH]. The molecule has 1 aliphatic rings. The first-order valence-corrected chi connectivity index (χ1v) is 10.5. The second-order valence-electron chi connectivity index (χ2n) is 7.13. The number of para-hydroxylation sites is 2. The number of H-pyrrole nitrogens is 1. The minimum atomic E-state index is -0.246. The largest absolute Gasteiger partial charge is 0.469 e. The second kappa shape index (κ2) is 7.52. The second-order valence-corrected chi connectivity index (χ2v) is 8.08. The van der Waals surface area contributed by atoms with Crippen LogP contribution in [0.4, 0.5) is 0 Å². The van der Waals surface area contributed by atoms with Crippen LogP contribution in [-0.4, -0.2) is 42.6 Å². The molecule has 10 heteroatoms. The zero-order valence-electron chi connectivity index (χ0n) is 16.1. The number of aromatic amines is 1. The zero-order valence-corrected chi connectivity index (χ0v) is 16.9. The maximum Gasteiger partial charge on any atom is 0.308 e. The zero-order chi connectivity index (χ0) is 20.7. The van der Waals surface area contributed by atoms with Gasteiger partial charge in [-0.05, 0) is 25.0 Å². The van der Waals surface area contributed by atoms with Gasteiger partial charge in [-0.2, -0.15) is 0 Å². The van der Waals surface area contributed by atoms with Crippen LogP contribution in [0.15, 0.2) is 46.6 Å². The van der Waals surface area contributed by atoms with Crippen molar-refractivity contribution >= 4 is 39.9 Å². The van der Waals surface area contributed by atoms with Crippen molar-refractivity contribution in [3.8, 4) is 0 Å². The highest BCUT2D eigenvalue weighted by atomic mass is 32.2. The van der Waals surface area contributed by atoms with E-state index in [9.17, 15) is 9.59 Å². The standard InChI is InChI=1S/C20H18N6O3S.H2/c1-29-19(28)11-8-12(9-11)26-18(27)16-17(22-7-6-21-16)25-20(26)30-10-15-23-13-4-2-3-5-14(13)24-15;/h2-7,11-12H,8-10H2,1H3,(H,23,24);1H. The lowest BCUT2D eigenvalue weighted by Gasteiger charge is -2.35. The Bertz CT molecular complexity index is 1280. The lowest BCUT2D eigenvalue weighted by atomic mass is 9.80. The molecule has 0 atom stereocenters. The number of rotatable bonds is 5. The molecule has 1 saturated carbocycles. The van der Waals surface area contributed by atoms with Gasteiger partial charge in [-0.25, -0.2) is 19.9 Å². The van der Waals surface area contributed by atoms with Gasteiger partial charge in [-0.15, -0.1) is 0 Å². The summed E-state index contributed by atoms with van der Waals surface area (Å²) in [6, 6.07) is 7.68. The Morgan fingerprint density at radius 1 is 1.27 bits per heavy atom. The van der Waals surface area contributed by atoms with Crippen molar-refractivity contribution in [2.45, 2.75) is 29.8 Å². The fraction of sp³-hybridized carbons (Fsp3) is 0.300. The molecule has 4 aromatic rings. The number of ether oxygens (including phenoxy) is 1. The minimum absolute atomic E-state index is 0. The number of nitrogens with one attached hydrogen (secondary N) is 1. The van der Waals surface area contributed by atoms with Gasteiger partial charge in [0.05, 0.1) is 29.8 Å². The molecule has 154 valence electrons. The first-order chi connectivity index (χ1) is 14.6. The summed E-state index contributed by atoms with van der Waals surface area (Å²) in [6.45, 7) is 0. The van der Waals surface area contributed by atoms with Crippen LogP contribution in [0.3, 0.4) is 0 Å². The fourth-order valence-corrected chi connectivity index (χ4v) is 4.62. The van der Waals surface area contributed by atoms with Crippen molar-refractivity contribution in [1.29, 1.82) is 0 Å². The number of aromatic nitrogens is 6. The fourth-order valence-electron chi connectivity index (χ4n) is 3.70. The van der Waals surface area contributed by atoms with E-state index in [4.69, 9.17) is 4.74 Å². The Labute approximate surface area is 176 Å². The normalized spacial score (nSPS) is 18.4. The molecule has 1 aliphatic carbocycles. The molecule has 3 heterocycles. The monoisotopic (exact) mass is 424 g/mol. The Hall–Kier alpha value is -3.27. The molecule has 0 aliphatic heterocycles. The lowest BCUT2D eigenvalue weighted by Crippen LogP contribution is -2.39. The molecule has 0 saturated heterocycles. The Kier molecular flexibility index (Phi) is 4.70. The number of nitrogens with zero attached hydrogens (tertiary/aromatic N) is 5. The molecular weight excluding hydrogens is 404 g/mol. The number of carbonyl (C=O) groups excluding carboxylic acids is 1. The van der Waals surface area contributed by atoms with E-state index >= 15 is 0 Å². The van der Waals surface area contributed by atoms with Crippen molar-refractivity contribution in [2.75, 3.05) is 7.11 Å². The van der Waals surface area contributed by atoms with Crippen LogP contribution < -0.4 is 5.56 Å². The summed E-state index contributed by atoms with van der Waals surface area (Å²) in [6.07, 6.45) is 4.08. The molecule has 5 rings (SSSR count). The predicted octanol–water partition coefficient (Wildman–Crippen LogP) is 2.73. The van der Waals surface area contributed by atoms with Gasteiger partial charge in [0, 0.05) is 19.9 Å². The van der Waals surface area contributed by atoms with Gasteiger partial charge in [0.25, 0.3) is 5.56 Å². The van der Waals surface area contributed by atoms with E-state index in [0.29, 0.717) is 29.4 Å². The van der Waals surface area contributed by atoms with Crippen LogP contribution in [0.5, 0.6) is 0 Å². The molecule has 3 aromatic heterocycles. The highest BCUT2D eigenvalue weighted by molar-refractivity contribution is 7.98. The maximum absolute atomic E-state index is 13.1. The molecule has 30 heavy (non-hydrogen) atoms. The van der Waals surface area contributed by atoms with E-state index in [0.717, 1.165) is 16.9 Å². The number of thioether (sulfide) groups is 1. The van der Waals surface area contributed by atoms with Gasteiger partial charge < -0.3 is 9.72 Å². The average Bonchev–Trinajstić information content (AvgIpc) is 3.15. The summed E-state index contributed by atoms with van der Waals surface area (Å²) in [4.78, 5) is 45.8. The molecule has 1 aromatic carbocycles. The highest BCUT2D eigenvalue weighted by Crippen LogP contribution is 2.39. The van der Waals surface area contributed by atoms with Crippen LogP contribution in [0.1, 0.15) is 26.1 Å². The van der Waals surface area contributed by atoms with E-state index in [1.165, 1.54) is 31.3 Å². The van der Waals surface area contributed by atoms with E-state index in [1.54, 1.807) is 4.57 Å². The summed E-state index contributed by atoms with van der Waals surface area (Å²) in [5.41, 5.74) is 2.15. The summed E-state index contributed by atoms with van der Waals surface area (Å²) in [5, 5.41) is 0.543. The number of imidazole rings is 1. The Morgan fingerprint density at radius 3 is 2.87 bits per heavy atom. The highest BCUT2D eigenvalue weighted by Gasteiger charge is 2.38. The summed E-state index contributed by atoms with van der Waals surface area (Å²) in [7, 11) is 1.38. The van der Waals surface area contributed by atoms with E-state index in [1.807, 2.05) is 24.3 Å². The van der Waals surface area contributed by atoms with Gasteiger partial charge >= 0.3 is 5.97 Å². The summed E-state index contributed by atoms with van der Waals surface area (Å²) < 4.78 is 6.46. The molecule has 0 radical (unpaired) electrons. The Morgan fingerprint density at radius 2 is 2.07 bits per heavy atom. The van der Waals surface area contributed by atoms with Gasteiger partial charge in [0.15, 0.2) is 16.3 Å². The molecule has 0 bridgehead atoms. The van der Waals surface area contributed by atoms with Crippen molar-refractivity contribution in [3.63, 3.8) is 0 Å². The third-order valence-corrected chi connectivity index (χ3v) is 6.26. The molecular formula is C20H20N6O3S. The van der Waals surface area contributed by atoms with Crippen LogP contribution in [0, 0.1) is 5.92 Å². The maximum atomic E-state index is 13.1. The van der Waals surface area contributed by atoms with Gasteiger partial charge in [-0.3, -0.25) is 14.2 Å². The topological polar surface area (TPSA) is 116 Å². The number of hydrogen-bond acceptors (Lipinski definition) is 8. The van der Waals surface area contributed by atoms with Crippen LogP contribution >= 0.6 is 11.8 Å². The third kappa shape index (κ3) is 3.22. The Balaban J connectivity index is 0.00000231. The number of benzene rings is 1. The van der Waals surface area contributed by atoms with Gasteiger partial charge in [0.2, 0.25) is 0 Å². The molecule has 1 fully saturated rings. The van der Waals surface area contributed by atoms with Crippen molar-refractivity contribution < 1.29 is 11.0 Å². The molecule has 0 unspecified atom stereocenters. The van der Waals surface area contributed by atoms with Crippen LogP contribution in [0.2, 0.25) is 0 Å². The number of fused-ring (bicyclic) bond motifs is 2. The third-order valence-electron chi connectivity index (χ3n) is 5.30. The summed E-state index contributed by atoms with van der Waals surface area (Å²) in [5.74, 6) is 0.865. The summed E-state index contributed by atoms with van der Waals surface area (Å²) >= 11 is 1.41. The van der Waals surface area contributed by atoms with E-state index in [2.05, 4.69) is 24.9 Å². The van der Waals surface area contributed by atoms with Crippen molar-refractivity contribution in [3.05, 3.63) is 52.8 Å². The number of esters is 1. The number of carbonyl (C=O) groups is 1. The van der Waals surface area contributed by atoms with Gasteiger partial charge in [-0.1, -0.05) is 23.9 Å².